The number of pyridine rings is 1. The van der Waals surface area contributed by atoms with Gasteiger partial charge in [-0.05, 0) is 55.3 Å². The van der Waals surface area contributed by atoms with Crippen molar-refractivity contribution in [3.05, 3.63) is 65.7 Å². The van der Waals surface area contributed by atoms with Gasteiger partial charge in [-0.3, -0.25) is 4.98 Å². The number of aliphatic hydroxyl groups excluding tert-OH is 1. The van der Waals surface area contributed by atoms with Crippen LogP contribution in [-0.2, 0) is 6.42 Å². The van der Waals surface area contributed by atoms with Crippen molar-refractivity contribution in [1.29, 1.82) is 0 Å². The number of hydrogen-bond donors (Lipinski definition) is 1. The fourth-order valence-corrected chi connectivity index (χ4v) is 2.20. The SMILES string of the molecule is CN(CCc1ccncc1)CCC(O)c1cccc(F)c1. The number of nitrogens with zero attached hydrogens (tertiary/aromatic N) is 2. The number of aromatic nitrogens is 1. The smallest absolute Gasteiger partial charge is 0.123 e. The number of halogens is 1. The Morgan fingerprint density at radius 2 is 1.95 bits per heavy atom. The van der Waals surface area contributed by atoms with Gasteiger partial charge in [0.15, 0.2) is 0 Å². The molecule has 1 heterocycles. The lowest BCUT2D eigenvalue weighted by molar-refractivity contribution is 0.149. The normalized spacial score (nSPS) is 12.6. The Morgan fingerprint density at radius 3 is 2.67 bits per heavy atom. The van der Waals surface area contributed by atoms with Crippen molar-refractivity contribution in [2.75, 3.05) is 20.1 Å². The van der Waals surface area contributed by atoms with Crippen LogP contribution in [0.25, 0.3) is 0 Å². The van der Waals surface area contributed by atoms with E-state index in [2.05, 4.69) is 9.88 Å². The molecule has 0 aliphatic heterocycles. The lowest BCUT2D eigenvalue weighted by Crippen LogP contribution is -2.23. The summed E-state index contributed by atoms with van der Waals surface area (Å²) in [6.45, 7) is 1.68. The molecule has 3 nitrogen and oxygen atoms in total. The molecule has 1 aromatic heterocycles. The Labute approximate surface area is 125 Å². The molecule has 0 aliphatic rings. The zero-order chi connectivity index (χ0) is 15.1. The molecular weight excluding hydrogens is 267 g/mol. The number of rotatable bonds is 7. The Hall–Kier alpha value is -1.78. The number of aliphatic hydroxyl groups is 1. The van der Waals surface area contributed by atoms with Crippen molar-refractivity contribution in [2.24, 2.45) is 0 Å². The van der Waals surface area contributed by atoms with Crippen molar-refractivity contribution in [1.82, 2.24) is 9.88 Å². The van der Waals surface area contributed by atoms with Crippen molar-refractivity contribution in [3.63, 3.8) is 0 Å². The van der Waals surface area contributed by atoms with Crippen molar-refractivity contribution < 1.29 is 9.50 Å². The predicted octanol–water partition coefficient (Wildman–Crippen LogP) is 2.82. The molecule has 1 aromatic carbocycles. The van der Waals surface area contributed by atoms with E-state index in [1.165, 1.54) is 17.7 Å². The predicted molar refractivity (Wildman–Crippen MR) is 81.4 cm³/mol. The monoisotopic (exact) mass is 288 g/mol. The second-order valence-electron chi connectivity index (χ2n) is 5.27. The molecule has 112 valence electrons. The molecule has 0 aliphatic carbocycles. The molecule has 1 N–H and O–H groups in total. The van der Waals surface area contributed by atoms with E-state index in [0.717, 1.165) is 19.5 Å². The summed E-state index contributed by atoms with van der Waals surface area (Å²) < 4.78 is 13.1. The van der Waals surface area contributed by atoms with Crippen LogP contribution in [-0.4, -0.2) is 35.1 Å². The van der Waals surface area contributed by atoms with E-state index in [1.807, 2.05) is 19.2 Å². The van der Waals surface area contributed by atoms with Crippen LogP contribution in [0.2, 0.25) is 0 Å². The highest BCUT2D eigenvalue weighted by Crippen LogP contribution is 2.17. The first-order valence-electron chi connectivity index (χ1n) is 7.16. The van der Waals surface area contributed by atoms with Crippen LogP contribution in [0.15, 0.2) is 48.8 Å². The molecule has 0 spiro atoms. The third-order valence-corrected chi connectivity index (χ3v) is 3.55. The van der Waals surface area contributed by atoms with Crippen LogP contribution in [0.4, 0.5) is 4.39 Å². The molecule has 1 atom stereocenters. The Bertz CT molecular complexity index is 547. The van der Waals surface area contributed by atoms with Gasteiger partial charge in [-0.15, -0.1) is 0 Å². The number of hydrogen-bond acceptors (Lipinski definition) is 3. The molecule has 21 heavy (non-hydrogen) atoms. The lowest BCUT2D eigenvalue weighted by Gasteiger charge is -2.19. The summed E-state index contributed by atoms with van der Waals surface area (Å²) >= 11 is 0. The average Bonchev–Trinajstić information content (AvgIpc) is 2.51. The van der Waals surface area contributed by atoms with E-state index in [1.54, 1.807) is 24.5 Å². The zero-order valence-electron chi connectivity index (χ0n) is 12.2. The maximum atomic E-state index is 13.1. The largest absolute Gasteiger partial charge is 0.388 e. The first kappa shape index (κ1) is 15.6. The summed E-state index contributed by atoms with van der Waals surface area (Å²) in [5.41, 5.74) is 1.89. The summed E-state index contributed by atoms with van der Waals surface area (Å²) in [5.74, 6) is -0.308. The minimum Gasteiger partial charge on any atom is -0.388 e. The first-order valence-corrected chi connectivity index (χ1v) is 7.16. The molecule has 0 fully saturated rings. The van der Waals surface area contributed by atoms with Crippen LogP contribution in [0.5, 0.6) is 0 Å². The van der Waals surface area contributed by atoms with Gasteiger partial charge >= 0.3 is 0 Å². The molecule has 4 heteroatoms. The molecule has 0 saturated carbocycles. The fraction of sp³-hybridized carbons (Fsp3) is 0.353. The van der Waals surface area contributed by atoms with Gasteiger partial charge in [-0.1, -0.05) is 12.1 Å². The van der Waals surface area contributed by atoms with E-state index in [4.69, 9.17) is 0 Å². The van der Waals surface area contributed by atoms with Gasteiger partial charge in [0.2, 0.25) is 0 Å². The minimum atomic E-state index is -0.621. The third-order valence-electron chi connectivity index (χ3n) is 3.55. The van der Waals surface area contributed by atoms with Gasteiger partial charge in [0, 0.05) is 25.5 Å². The third kappa shape index (κ3) is 5.25. The zero-order valence-corrected chi connectivity index (χ0v) is 12.2. The summed E-state index contributed by atoms with van der Waals surface area (Å²) in [6.07, 6.45) is 4.52. The second-order valence-corrected chi connectivity index (χ2v) is 5.27. The summed E-state index contributed by atoms with van der Waals surface area (Å²) in [6, 6.07) is 10.2. The maximum absolute atomic E-state index is 13.1. The van der Waals surface area contributed by atoms with E-state index in [-0.39, 0.29) is 5.82 Å². The maximum Gasteiger partial charge on any atom is 0.123 e. The topological polar surface area (TPSA) is 36.4 Å². The van der Waals surface area contributed by atoms with Gasteiger partial charge in [-0.2, -0.15) is 0 Å². The number of benzene rings is 1. The van der Waals surface area contributed by atoms with Gasteiger partial charge < -0.3 is 10.0 Å². The molecular formula is C17H21FN2O. The van der Waals surface area contributed by atoms with Gasteiger partial charge in [-0.25, -0.2) is 4.39 Å². The minimum absolute atomic E-state index is 0.308. The molecule has 0 saturated heterocycles. The highest BCUT2D eigenvalue weighted by atomic mass is 19.1. The fourth-order valence-electron chi connectivity index (χ4n) is 2.20. The second kappa shape index (κ2) is 7.86. The van der Waals surface area contributed by atoms with E-state index in [9.17, 15) is 9.50 Å². The van der Waals surface area contributed by atoms with E-state index in [0.29, 0.717) is 12.0 Å². The van der Waals surface area contributed by atoms with Crippen LogP contribution in [0.1, 0.15) is 23.7 Å². The van der Waals surface area contributed by atoms with Gasteiger partial charge in [0.05, 0.1) is 6.10 Å². The Morgan fingerprint density at radius 1 is 1.19 bits per heavy atom. The molecule has 2 aromatic rings. The van der Waals surface area contributed by atoms with Crippen LogP contribution in [0, 0.1) is 5.82 Å². The van der Waals surface area contributed by atoms with Gasteiger partial charge in [0.25, 0.3) is 0 Å². The summed E-state index contributed by atoms with van der Waals surface area (Å²) in [5, 5.41) is 10.1. The standard InChI is InChI=1S/C17H21FN2O/c1-20(11-7-14-5-9-19-10-6-14)12-8-17(21)15-3-2-4-16(18)13-15/h2-6,9-10,13,17,21H,7-8,11-12H2,1H3. The van der Waals surface area contributed by atoms with E-state index >= 15 is 0 Å². The molecule has 0 amide bonds. The molecule has 0 radical (unpaired) electrons. The Kier molecular flexibility index (Phi) is 5.84. The van der Waals surface area contributed by atoms with Crippen LogP contribution >= 0.6 is 0 Å². The average molecular weight is 288 g/mol. The summed E-state index contributed by atoms with van der Waals surface area (Å²) in [7, 11) is 2.03. The Balaban J connectivity index is 1.74. The molecule has 0 bridgehead atoms. The van der Waals surface area contributed by atoms with E-state index < -0.39 is 6.10 Å². The first-order chi connectivity index (χ1) is 10.1. The van der Waals surface area contributed by atoms with Crippen molar-refractivity contribution >= 4 is 0 Å². The van der Waals surface area contributed by atoms with Crippen molar-refractivity contribution in [2.45, 2.75) is 18.9 Å². The van der Waals surface area contributed by atoms with Crippen LogP contribution < -0.4 is 0 Å². The molecule has 1 unspecified atom stereocenters. The molecule has 2 rings (SSSR count). The lowest BCUT2D eigenvalue weighted by atomic mass is 10.1. The van der Waals surface area contributed by atoms with Crippen LogP contribution in [0.3, 0.4) is 0 Å². The number of likely N-dealkylation sites (N-methyl/N-ethyl adjacent to an activating group) is 1. The van der Waals surface area contributed by atoms with Gasteiger partial charge in [0.1, 0.15) is 5.82 Å². The highest BCUT2D eigenvalue weighted by Gasteiger charge is 2.09. The summed E-state index contributed by atoms with van der Waals surface area (Å²) in [4.78, 5) is 6.16. The highest BCUT2D eigenvalue weighted by molar-refractivity contribution is 5.18. The quantitative estimate of drug-likeness (QED) is 0.851. The van der Waals surface area contributed by atoms with Crippen molar-refractivity contribution in [3.8, 4) is 0 Å².